The van der Waals surface area contributed by atoms with Crippen LogP contribution in [-0.2, 0) is 0 Å². The quantitative estimate of drug-likeness (QED) is 0.702. The number of hydrogen-bond acceptors (Lipinski definition) is 2. The third-order valence-electron chi connectivity index (χ3n) is 3.00. The first kappa shape index (κ1) is 11.0. The van der Waals surface area contributed by atoms with Crippen LogP contribution in [0.4, 0.5) is 0 Å². The van der Waals surface area contributed by atoms with Crippen molar-refractivity contribution in [3.63, 3.8) is 0 Å². The molecule has 1 fully saturated rings. The Kier molecular flexibility index (Phi) is 3.74. The molecule has 1 aliphatic rings. The number of nitrogens with one attached hydrogen (secondary N) is 1. The highest BCUT2D eigenvalue weighted by molar-refractivity contribution is 4.89. The summed E-state index contributed by atoms with van der Waals surface area (Å²) in [5.41, 5.74) is -0.0161. The molecule has 13 heavy (non-hydrogen) atoms. The Morgan fingerprint density at radius 2 is 2.23 bits per heavy atom. The largest absolute Gasteiger partial charge is 0.394 e. The molecular formula is C11H23NO. The Labute approximate surface area is 81.7 Å². The van der Waals surface area contributed by atoms with Crippen LogP contribution in [0.2, 0.25) is 0 Å². The number of rotatable bonds is 3. The minimum atomic E-state index is -0.0161. The molecule has 0 aromatic rings. The van der Waals surface area contributed by atoms with Gasteiger partial charge in [-0.25, -0.2) is 0 Å². The lowest BCUT2D eigenvalue weighted by Gasteiger charge is -2.38. The molecule has 0 amide bonds. The molecule has 1 saturated heterocycles. The zero-order chi connectivity index (χ0) is 9.90. The number of piperidine rings is 1. The summed E-state index contributed by atoms with van der Waals surface area (Å²) in [5.74, 6) is 1.59. The lowest BCUT2D eigenvalue weighted by Crippen LogP contribution is -2.51. The van der Waals surface area contributed by atoms with Gasteiger partial charge < -0.3 is 10.4 Å². The topological polar surface area (TPSA) is 32.3 Å². The van der Waals surface area contributed by atoms with E-state index in [0.717, 1.165) is 24.8 Å². The van der Waals surface area contributed by atoms with E-state index in [9.17, 15) is 5.11 Å². The van der Waals surface area contributed by atoms with Gasteiger partial charge in [-0.2, -0.15) is 0 Å². The third-order valence-corrected chi connectivity index (χ3v) is 3.00. The molecule has 1 heterocycles. The summed E-state index contributed by atoms with van der Waals surface area (Å²) in [7, 11) is 0. The van der Waals surface area contributed by atoms with Gasteiger partial charge in [-0.05, 0) is 44.6 Å². The second-order valence-electron chi connectivity index (χ2n) is 5.13. The maximum Gasteiger partial charge on any atom is 0.0610 e. The summed E-state index contributed by atoms with van der Waals surface area (Å²) < 4.78 is 0. The summed E-state index contributed by atoms with van der Waals surface area (Å²) in [6.07, 6.45) is 3.70. The molecule has 2 heteroatoms. The van der Waals surface area contributed by atoms with Crippen molar-refractivity contribution in [3.8, 4) is 0 Å². The van der Waals surface area contributed by atoms with Crippen LogP contribution in [0.25, 0.3) is 0 Å². The second kappa shape index (κ2) is 4.43. The predicted molar refractivity (Wildman–Crippen MR) is 55.7 cm³/mol. The molecule has 0 spiro atoms. The second-order valence-corrected chi connectivity index (χ2v) is 5.13. The predicted octanol–water partition coefficient (Wildman–Crippen LogP) is 1.78. The summed E-state index contributed by atoms with van der Waals surface area (Å²) >= 11 is 0. The van der Waals surface area contributed by atoms with Crippen LogP contribution < -0.4 is 5.32 Å². The number of hydrogen-bond donors (Lipinski definition) is 2. The van der Waals surface area contributed by atoms with Crippen molar-refractivity contribution in [2.45, 2.75) is 45.6 Å². The highest BCUT2D eigenvalue weighted by Gasteiger charge is 2.30. The smallest absolute Gasteiger partial charge is 0.0610 e. The van der Waals surface area contributed by atoms with Crippen molar-refractivity contribution in [1.82, 2.24) is 5.32 Å². The number of aliphatic hydroxyl groups excluding tert-OH is 1. The van der Waals surface area contributed by atoms with E-state index >= 15 is 0 Å². The molecule has 2 unspecified atom stereocenters. The first-order valence-electron chi connectivity index (χ1n) is 5.41. The van der Waals surface area contributed by atoms with E-state index in [-0.39, 0.29) is 12.1 Å². The van der Waals surface area contributed by atoms with Crippen molar-refractivity contribution in [1.29, 1.82) is 0 Å². The Morgan fingerprint density at radius 3 is 2.77 bits per heavy atom. The molecular weight excluding hydrogens is 162 g/mol. The lowest BCUT2D eigenvalue weighted by atomic mass is 9.80. The monoisotopic (exact) mass is 185 g/mol. The van der Waals surface area contributed by atoms with Crippen LogP contribution in [0.3, 0.4) is 0 Å². The van der Waals surface area contributed by atoms with E-state index in [2.05, 4.69) is 26.1 Å². The van der Waals surface area contributed by atoms with Gasteiger partial charge in [0.05, 0.1) is 6.61 Å². The van der Waals surface area contributed by atoms with Crippen LogP contribution >= 0.6 is 0 Å². The Bertz CT molecular complexity index is 158. The van der Waals surface area contributed by atoms with E-state index in [1.165, 1.54) is 12.8 Å². The SMILES string of the molecule is CC(C)CC1CCNC(C)(CO)C1. The summed E-state index contributed by atoms with van der Waals surface area (Å²) in [6.45, 7) is 8.01. The van der Waals surface area contributed by atoms with Crippen molar-refractivity contribution in [2.75, 3.05) is 13.2 Å². The van der Waals surface area contributed by atoms with Crippen LogP contribution in [-0.4, -0.2) is 23.8 Å². The molecule has 1 aliphatic heterocycles. The van der Waals surface area contributed by atoms with Crippen molar-refractivity contribution >= 4 is 0 Å². The van der Waals surface area contributed by atoms with Gasteiger partial charge in [0.15, 0.2) is 0 Å². The molecule has 0 aliphatic carbocycles. The van der Waals surface area contributed by atoms with Gasteiger partial charge in [0.25, 0.3) is 0 Å². The molecule has 78 valence electrons. The average molecular weight is 185 g/mol. The van der Waals surface area contributed by atoms with Gasteiger partial charge in [-0.3, -0.25) is 0 Å². The van der Waals surface area contributed by atoms with E-state index in [4.69, 9.17) is 0 Å². The molecule has 2 atom stereocenters. The standard InChI is InChI=1S/C11H23NO/c1-9(2)6-10-4-5-12-11(3,7-10)8-13/h9-10,12-13H,4-8H2,1-3H3. The van der Waals surface area contributed by atoms with Crippen LogP contribution in [0, 0.1) is 11.8 Å². The summed E-state index contributed by atoms with van der Waals surface area (Å²) in [5, 5.41) is 12.6. The lowest BCUT2D eigenvalue weighted by molar-refractivity contribution is 0.112. The first-order valence-corrected chi connectivity index (χ1v) is 5.41. The molecule has 0 radical (unpaired) electrons. The molecule has 2 nitrogen and oxygen atoms in total. The van der Waals surface area contributed by atoms with Gasteiger partial charge in [-0.15, -0.1) is 0 Å². The van der Waals surface area contributed by atoms with Gasteiger partial charge in [0, 0.05) is 5.54 Å². The number of aliphatic hydroxyl groups is 1. The Morgan fingerprint density at radius 1 is 1.54 bits per heavy atom. The summed E-state index contributed by atoms with van der Waals surface area (Å²) in [4.78, 5) is 0. The van der Waals surface area contributed by atoms with Gasteiger partial charge in [0.1, 0.15) is 0 Å². The normalized spacial score (nSPS) is 35.3. The van der Waals surface area contributed by atoms with E-state index < -0.39 is 0 Å². The first-order chi connectivity index (χ1) is 6.06. The third kappa shape index (κ3) is 3.28. The molecule has 2 N–H and O–H groups in total. The molecule has 0 saturated carbocycles. The minimum absolute atomic E-state index is 0.0161. The van der Waals surface area contributed by atoms with Crippen molar-refractivity contribution in [2.24, 2.45) is 11.8 Å². The van der Waals surface area contributed by atoms with Gasteiger partial charge in [0.2, 0.25) is 0 Å². The van der Waals surface area contributed by atoms with Crippen LogP contribution in [0.15, 0.2) is 0 Å². The summed E-state index contributed by atoms with van der Waals surface area (Å²) in [6, 6.07) is 0. The average Bonchev–Trinajstić information content (AvgIpc) is 2.03. The highest BCUT2D eigenvalue weighted by Crippen LogP contribution is 2.28. The van der Waals surface area contributed by atoms with E-state index in [1.807, 2.05) is 0 Å². The van der Waals surface area contributed by atoms with Crippen molar-refractivity contribution < 1.29 is 5.11 Å². The van der Waals surface area contributed by atoms with Gasteiger partial charge >= 0.3 is 0 Å². The van der Waals surface area contributed by atoms with E-state index in [1.54, 1.807) is 0 Å². The maximum atomic E-state index is 9.24. The fourth-order valence-corrected chi connectivity index (χ4v) is 2.38. The zero-order valence-electron chi connectivity index (χ0n) is 9.14. The Balaban J connectivity index is 2.42. The molecule has 1 rings (SSSR count). The molecule has 0 aromatic carbocycles. The maximum absolute atomic E-state index is 9.24. The molecule has 0 aromatic heterocycles. The van der Waals surface area contributed by atoms with Crippen molar-refractivity contribution in [3.05, 3.63) is 0 Å². The Hall–Kier alpha value is -0.0800. The highest BCUT2D eigenvalue weighted by atomic mass is 16.3. The minimum Gasteiger partial charge on any atom is -0.394 e. The fourth-order valence-electron chi connectivity index (χ4n) is 2.38. The van der Waals surface area contributed by atoms with E-state index in [0.29, 0.717) is 0 Å². The van der Waals surface area contributed by atoms with Crippen LogP contribution in [0.1, 0.15) is 40.0 Å². The zero-order valence-corrected chi connectivity index (χ0v) is 9.14. The van der Waals surface area contributed by atoms with Crippen LogP contribution in [0.5, 0.6) is 0 Å². The fraction of sp³-hybridized carbons (Fsp3) is 1.00. The van der Waals surface area contributed by atoms with Gasteiger partial charge in [-0.1, -0.05) is 13.8 Å². The molecule has 0 bridgehead atoms.